The third-order valence-electron chi connectivity index (χ3n) is 11.6. The van der Waals surface area contributed by atoms with E-state index < -0.39 is 16.6 Å². The van der Waals surface area contributed by atoms with E-state index in [9.17, 15) is 0 Å². The first-order valence-corrected chi connectivity index (χ1v) is 23.1. The van der Waals surface area contributed by atoms with Crippen molar-refractivity contribution in [2.75, 3.05) is 0 Å². The zero-order chi connectivity index (χ0) is 29.0. The maximum atomic E-state index is 7.31. The van der Waals surface area contributed by atoms with Crippen LogP contribution in [0.3, 0.4) is 0 Å². The van der Waals surface area contributed by atoms with E-state index >= 15 is 0 Å². The summed E-state index contributed by atoms with van der Waals surface area (Å²) in [6.07, 6.45) is 12.1. The first-order valence-electron chi connectivity index (χ1n) is 16.3. The van der Waals surface area contributed by atoms with Gasteiger partial charge in [0.2, 0.25) is 0 Å². The van der Waals surface area contributed by atoms with E-state index in [-0.39, 0.29) is 11.0 Å². The van der Waals surface area contributed by atoms with Gasteiger partial charge in [0.25, 0.3) is 0 Å². The second-order valence-electron chi connectivity index (χ2n) is 16.3. The number of hydrogen-bond acceptors (Lipinski definition) is 4. The van der Waals surface area contributed by atoms with E-state index in [4.69, 9.17) is 18.8 Å². The third-order valence-corrected chi connectivity index (χ3v) is 13.6. The Morgan fingerprint density at radius 1 is 0.850 bits per heavy atom. The van der Waals surface area contributed by atoms with Gasteiger partial charge in [-0.3, -0.25) is 0 Å². The van der Waals surface area contributed by atoms with Crippen LogP contribution in [0.15, 0.2) is 35.5 Å². The van der Waals surface area contributed by atoms with E-state index in [1.165, 1.54) is 51.4 Å². The van der Waals surface area contributed by atoms with Gasteiger partial charge in [-0.25, -0.2) is 0 Å². The summed E-state index contributed by atoms with van der Waals surface area (Å²) in [6.45, 7) is 22.1. The molecule has 0 bridgehead atoms. The summed E-state index contributed by atoms with van der Waals surface area (Å²) in [5, 5.41) is 4.82. The summed E-state index contributed by atoms with van der Waals surface area (Å²) in [5.74, 6) is 3.17. The molecule has 1 aromatic rings. The van der Waals surface area contributed by atoms with Crippen molar-refractivity contribution >= 4 is 22.3 Å². The number of hydrogen-bond donors (Lipinski definition) is 0. The zero-order valence-corrected chi connectivity index (χ0v) is 29.0. The van der Waals surface area contributed by atoms with Gasteiger partial charge in [-0.1, -0.05) is 49.3 Å². The van der Waals surface area contributed by atoms with Crippen molar-refractivity contribution in [3.05, 3.63) is 35.9 Å². The second-order valence-corrected chi connectivity index (χ2v) is 25.1. The molecule has 0 radical (unpaired) electrons. The van der Waals surface area contributed by atoms with E-state index in [1.54, 1.807) is 0 Å². The molecule has 4 saturated carbocycles. The molecule has 0 amide bonds. The lowest BCUT2D eigenvalue weighted by Gasteiger charge is -2.62. The minimum absolute atomic E-state index is 0.111. The molecule has 224 valence electrons. The van der Waals surface area contributed by atoms with Gasteiger partial charge in [-0.05, 0) is 139 Å². The summed E-state index contributed by atoms with van der Waals surface area (Å²) < 4.78 is 14.0. The van der Waals surface area contributed by atoms with Crippen LogP contribution in [0.25, 0.3) is 0 Å². The van der Waals surface area contributed by atoms with Gasteiger partial charge in [-0.2, -0.15) is 0 Å². The van der Waals surface area contributed by atoms with Crippen LogP contribution in [0.4, 0.5) is 0 Å². The largest absolute Gasteiger partial charge is 0.415 e. The molecule has 0 unspecified atom stereocenters. The van der Waals surface area contributed by atoms with E-state index in [2.05, 4.69) is 84.3 Å². The Kier molecular flexibility index (Phi) is 8.35. The molecule has 4 aliphatic rings. The molecule has 4 fully saturated rings. The average Bonchev–Trinajstić information content (AvgIpc) is 3.15. The SMILES string of the molecule is C/C(=N\OCc1ccccc1)[C@@]1(O[Si](C)(C)C)CC[C@H]2[C@@H]3CC[C@H]4C[C@H](O[Si](C)(C)C)CC[C@]4(C)[C@H]3CC[C@@]21C. The molecule has 8 atom stereocenters. The molecule has 0 saturated heterocycles. The summed E-state index contributed by atoms with van der Waals surface area (Å²) >= 11 is 0. The molecule has 0 spiro atoms. The van der Waals surface area contributed by atoms with Gasteiger partial charge in [0.05, 0.1) is 5.71 Å². The summed E-state index contributed by atoms with van der Waals surface area (Å²) in [6, 6.07) is 10.4. The molecule has 4 aliphatic carbocycles. The van der Waals surface area contributed by atoms with Gasteiger partial charge in [-0.15, -0.1) is 0 Å². The quantitative estimate of drug-likeness (QED) is 0.174. The third kappa shape index (κ3) is 5.68. The van der Waals surface area contributed by atoms with Crippen LogP contribution < -0.4 is 0 Å². The Hall–Kier alpha value is -0.956. The van der Waals surface area contributed by atoms with Gasteiger partial charge in [0.1, 0.15) is 12.2 Å². The van der Waals surface area contributed by atoms with E-state index in [0.29, 0.717) is 24.0 Å². The summed E-state index contributed by atoms with van der Waals surface area (Å²) in [4.78, 5) is 6.01. The van der Waals surface area contributed by atoms with Gasteiger partial charge >= 0.3 is 0 Å². The van der Waals surface area contributed by atoms with Crippen molar-refractivity contribution < 1.29 is 13.7 Å². The second kappa shape index (κ2) is 11.0. The molecule has 0 aliphatic heterocycles. The molecule has 4 nitrogen and oxygen atoms in total. The maximum absolute atomic E-state index is 7.31. The maximum Gasteiger partial charge on any atom is 0.185 e. The number of rotatable bonds is 8. The molecule has 40 heavy (non-hydrogen) atoms. The Morgan fingerprint density at radius 3 is 2.23 bits per heavy atom. The van der Waals surface area contributed by atoms with Crippen LogP contribution >= 0.6 is 0 Å². The van der Waals surface area contributed by atoms with E-state index in [0.717, 1.165) is 35.4 Å². The highest BCUT2D eigenvalue weighted by atomic mass is 28.4. The molecule has 0 aromatic heterocycles. The highest BCUT2D eigenvalue weighted by Gasteiger charge is 2.67. The lowest BCUT2D eigenvalue weighted by Crippen LogP contribution is -2.61. The van der Waals surface area contributed by atoms with Crippen molar-refractivity contribution in [3.8, 4) is 0 Å². The monoisotopic (exact) mass is 583 g/mol. The molecule has 5 rings (SSSR count). The first-order chi connectivity index (χ1) is 18.7. The van der Waals surface area contributed by atoms with Crippen LogP contribution in [-0.4, -0.2) is 34.1 Å². The number of benzene rings is 1. The predicted molar refractivity (Wildman–Crippen MR) is 171 cm³/mol. The minimum atomic E-state index is -1.84. The highest BCUT2D eigenvalue weighted by Crippen LogP contribution is 2.69. The van der Waals surface area contributed by atoms with Crippen molar-refractivity contribution in [2.24, 2.45) is 39.7 Å². The molecule has 0 N–H and O–H groups in total. The van der Waals surface area contributed by atoms with Crippen molar-refractivity contribution in [2.45, 2.75) is 136 Å². The topological polar surface area (TPSA) is 40.0 Å². The number of nitrogens with zero attached hydrogens (tertiary/aromatic N) is 1. The predicted octanol–water partition coefficient (Wildman–Crippen LogP) is 9.43. The fourth-order valence-electron chi connectivity index (χ4n) is 10.0. The van der Waals surface area contributed by atoms with Crippen LogP contribution in [0.1, 0.15) is 84.1 Å². The molecular formula is C34H57NO3Si2. The van der Waals surface area contributed by atoms with E-state index in [1.807, 2.05) is 6.07 Å². The lowest BCUT2D eigenvalue weighted by atomic mass is 9.44. The average molecular weight is 584 g/mol. The zero-order valence-electron chi connectivity index (χ0n) is 27.0. The van der Waals surface area contributed by atoms with Gasteiger partial charge < -0.3 is 13.7 Å². The Balaban J connectivity index is 1.37. The fraction of sp³-hybridized carbons (Fsp3) is 0.794. The van der Waals surface area contributed by atoms with Crippen LogP contribution in [0.5, 0.6) is 0 Å². The Bertz CT molecular complexity index is 1070. The van der Waals surface area contributed by atoms with Crippen LogP contribution in [0, 0.1) is 34.5 Å². The minimum Gasteiger partial charge on any atom is -0.415 e. The van der Waals surface area contributed by atoms with Crippen LogP contribution in [-0.2, 0) is 20.3 Å². The smallest absolute Gasteiger partial charge is 0.185 e. The highest BCUT2D eigenvalue weighted by molar-refractivity contribution is 6.70. The van der Waals surface area contributed by atoms with Crippen molar-refractivity contribution in [1.82, 2.24) is 0 Å². The fourth-order valence-corrected chi connectivity index (χ4v) is 12.8. The summed E-state index contributed by atoms with van der Waals surface area (Å²) in [7, 11) is -3.34. The lowest BCUT2D eigenvalue weighted by molar-refractivity contribution is -0.139. The van der Waals surface area contributed by atoms with Crippen molar-refractivity contribution in [3.63, 3.8) is 0 Å². The summed E-state index contributed by atoms with van der Waals surface area (Å²) in [5.41, 5.74) is 2.49. The van der Waals surface area contributed by atoms with Crippen molar-refractivity contribution in [1.29, 1.82) is 0 Å². The Labute approximate surface area is 247 Å². The van der Waals surface area contributed by atoms with Gasteiger partial charge in [0, 0.05) is 11.5 Å². The van der Waals surface area contributed by atoms with Gasteiger partial charge in [0.15, 0.2) is 16.6 Å². The molecular weight excluding hydrogens is 527 g/mol. The first kappa shape index (κ1) is 30.5. The molecule has 0 heterocycles. The molecule has 1 aromatic carbocycles. The number of fused-ring (bicyclic) bond motifs is 5. The Morgan fingerprint density at radius 2 is 1.55 bits per heavy atom. The standard InChI is InChI=1S/C34H57NO3Si2/c1-25(35-36-24-26-13-11-10-12-14-26)34(38-40(7,8)9)22-19-31-29-16-15-27-23-28(37-39(4,5)6)17-20-32(27,2)30(29)18-21-33(31,34)3/h10-14,27-31H,15-24H2,1-9H3/b35-25+/t27-,28+,29+,30-,31-,32-,33-,34-/m0/s1. The number of oxime groups is 1. The molecule has 6 heteroatoms. The normalized spacial score (nSPS) is 40.2. The van der Waals surface area contributed by atoms with Crippen LogP contribution in [0.2, 0.25) is 39.3 Å².